The van der Waals surface area contributed by atoms with E-state index in [1.807, 2.05) is 18.2 Å². The molecule has 7 heteroatoms. The first kappa shape index (κ1) is 16.7. The van der Waals surface area contributed by atoms with Crippen LogP contribution in [-0.4, -0.2) is 31.7 Å². The molecule has 0 aliphatic heterocycles. The summed E-state index contributed by atoms with van der Waals surface area (Å²) < 4.78 is 26.1. The highest BCUT2D eigenvalue weighted by Gasteiger charge is 2.24. The number of benzene rings is 1. The highest BCUT2D eigenvalue weighted by Crippen LogP contribution is 2.23. The Morgan fingerprint density at radius 2 is 1.82 bits per heavy atom. The standard InChI is InChI=1S/C15H18N2O3S2/c1-3-17(4-2)22(19,20)13-10-14(21-11-13)15(18)16-12-8-6-5-7-9-12/h5-11H,3-4H2,1-2H3,(H,16,18). The van der Waals surface area contributed by atoms with Crippen LogP contribution < -0.4 is 5.32 Å². The van der Waals surface area contributed by atoms with Crippen molar-refractivity contribution in [3.05, 3.63) is 46.7 Å². The minimum Gasteiger partial charge on any atom is -0.321 e. The minimum absolute atomic E-state index is 0.166. The van der Waals surface area contributed by atoms with E-state index in [9.17, 15) is 13.2 Å². The molecule has 5 nitrogen and oxygen atoms in total. The predicted octanol–water partition coefficient (Wildman–Crippen LogP) is 3.03. The van der Waals surface area contributed by atoms with Crippen molar-refractivity contribution in [3.63, 3.8) is 0 Å². The van der Waals surface area contributed by atoms with Gasteiger partial charge in [0, 0.05) is 24.2 Å². The summed E-state index contributed by atoms with van der Waals surface area (Å²) in [7, 11) is -3.52. The van der Waals surface area contributed by atoms with E-state index in [2.05, 4.69) is 5.32 Å². The average molecular weight is 338 g/mol. The maximum Gasteiger partial charge on any atom is 0.265 e. The number of sulfonamides is 1. The molecule has 118 valence electrons. The number of hydrogen-bond donors (Lipinski definition) is 1. The fourth-order valence-electron chi connectivity index (χ4n) is 2.00. The molecule has 1 heterocycles. The predicted molar refractivity (Wildman–Crippen MR) is 88.8 cm³/mol. The number of rotatable bonds is 6. The van der Waals surface area contributed by atoms with Gasteiger partial charge in [0.15, 0.2) is 0 Å². The number of amides is 1. The van der Waals surface area contributed by atoms with Crippen molar-refractivity contribution in [2.24, 2.45) is 0 Å². The summed E-state index contributed by atoms with van der Waals surface area (Å²) >= 11 is 1.12. The Kier molecular flexibility index (Phi) is 5.33. The third kappa shape index (κ3) is 3.55. The Balaban J connectivity index is 2.19. The summed E-state index contributed by atoms with van der Waals surface area (Å²) in [5, 5.41) is 4.25. The van der Waals surface area contributed by atoms with Crippen LogP contribution >= 0.6 is 11.3 Å². The Bertz CT molecular complexity index is 735. The normalized spacial score (nSPS) is 11.6. The van der Waals surface area contributed by atoms with E-state index in [1.54, 1.807) is 26.0 Å². The molecule has 0 atom stereocenters. The van der Waals surface area contributed by atoms with Gasteiger partial charge in [0.1, 0.15) is 0 Å². The molecule has 0 saturated carbocycles. The van der Waals surface area contributed by atoms with Crippen molar-refractivity contribution in [1.82, 2.24) is 4.31 Å². The van der Waals surface area contributed by atoms with E-state index in [4.69, 9.17) is 0 Å². The molecule has 1 N–H and O–H groups in total. The molecule has 1 aromatic carbocycles. The fourth-order valence-corrected chi connectivity index (χ4v) is 4.61. The Labute approximate surface area is 134 Å². The molecule has 0 radical (unpaired) electrons. The van der Waals surface area contributed by atoms with Crippen LogP contribution in [0.3, 0.4) is 0 Å². The molecular weight excluding hydrogens is 320 g/mol. The van der Waals surface area contributed by atoms with Crippen LogP contribution in [-0.2, 0) is 10.0 Å². The fraction of sp³-hybridized carbons (Fsp3) is 0.267. The molecule has 0 fully saturated rings. The van der Waals surface area contributed by atoms with E-state index in [1.165, 1.54) is 15.8 Å². The largest absolute Gasteiger partial charge is 0.321 e. The van der Waals surface area contributed by atoms with Crippen LogP contribution in [0.5, 0.6) is 0 Å². The van der Waals surface area contributed by atoms with Crippen LogP contribution in [0.2, 0.25) is 0 Å². The van der Waals surface area contributed by atoms with Gasteiger partial charge in [-0.15, -0.1) is 11.3 Å². The van der Waals surface area contributed by atoms with Crippen LogP contribution in [0.4, 0.5) is 5.69 Å². The van der Waals surface area contributed by atoms with E-state index in [0.29, 0.717) is 23.7 Å². The zero-order valence-corrected chi connectivity index (χ0v) is 14.1. The van der Waals surface area contributed by atoms with Gasteiger partial charge >= 0.3 is 0 Å². The average Bonchev–Trinajstić information content (AvgIpc) is 3.00. The lowest BCUT2D eigenvalue weighted by Gasteiger charge is -2.17. The highest BCUT2D eigenvalue weighted by atomic mass is 32.2. The quantitative estimate of drug-likeness (QED) is 0.880. The third-order valence-electron chi connectivity index (χ3n) is 3.17. The molecule has 0 spiro atoms. The van der Waals surface area contributed by atoms with E-state index in [0.717, 1.165) is 11.3 Å². The van der Waals surface area contributed by atoms with Crippen LogP contribution in [0.1, 0.15) is 23.5 Å². The first-order valence-corrected chi connectivity index (χ1v) is 9.26. The minimum atomic E-state index is -3.52. The first-order valence-electron chi connectivity index (χ1n) is 6.94. The third-order valence-corrected chi connectivity index (χ3v) is 6.28. The van der Waals surface area contributed by atoms with Gasteiger partial charge in [-0.05, 0) is 18.2 Å². The van der Waals surface area contributed by atoms with E-state index >= 15 is 0 Å². The van der Waals surface area contributed by atoms with Gasteiger partial charge in [0.2, 0.25) is 10.0 Å². The van der Waals surface area contributed by atoms with Crippen LogP contribution in [0.15, 0.2) is 46.7 Å². The molecule has 22 heavy (non-hydrogen) atoms. The second-order valence-electron chi connectivity index (χ2n) is 4.56. The number of para-hydroxylation sites is 1. The van der Waals surface area contributed by atoms with Crippen molar-refractivity contribution in [1.29, 1.82) is 0 Å². The zero-order chi connectivity index (χ0) is 16.2. The van der Waals surface area contributed by atoms with Gasteiger partial charge in [-0.1, -0.05) is 32.0 Å². The van der Waals surface area contributed by atoms with Gasteiger partial charge in [-0.2, -0.15) is 4.31 Å². The molecular formula is C15H18N2O3S2. The number of hydrogen-bond acceptors (Lipinski definition) is 4. The Morgan fingerprint density at radius 1 is 1.18 bits per heavy atom. The van der Waals surface area contributed by atoms with Crippen LogP contribution in [0, 0.1) is 0 Å². The summed E-state index contributed by atoms with van der Waals surface area (Å²) in [6.07, 6.45) is 0. The molecule has 0 saturated heterocycles. The number of anilines is 1. The lowest BCUT2D eigenvalue weighted by molar-refractivity contribution is 0.103. The van der Waals surface area contributed by atoms with Crippen molar-refractivity contribution in [2.45, 2.75) is 18.7 Å². The van der Waals surface area contributed by atoms with Crippen molar-refractivity contribution in [2.75, 3.05) is 18.4 Å². The summed E-state index contributed by atoms with van der Waals surface area (Å²) in [6.45, 7) is 4.38. The maximum atomic E-state index is 12.4. The summed E-state index contributed by atoms with van der Waals surface area (Å²) in [6, 6.07) is 10.5. The number of carbonyl (C=O) groups excluding carboxylic acids is 1. The van der Waals surface area contributed by atoms with Gasteiger partial charge in [0.05, 0.1) is 9.77 Å². The lowest BCUT2D eigenvalue weighted by atomic mass is 10.3. The zero-order valence-electron chi connectivity index (χ0n) is 12.4. The maximum absolute atomic E-state index is 12.4. The van der Waals surface area contributed by atoms with Crippen LogP contribution in [0.25, 0.3) is 0 Å². The Morgan fingerprint density at radius 3 is 2.41 bits per heavy atom. The van der Waals surface area contributed by atoms with Crippen molar-refractivity contribution < 1.29 is 13.2 Å². The topological polar surface area (TPSA) is 66.5 Å². The molecule has 0 bridgehead atoms. The molecule has 2 rings (SSSR count). The first-order chi connectivity index (χ1) is 10.5. The number of carbonyl (C=O) groups is 1. The molecule has 1 aromatic heterocycles. The second-order valence-corrected chi connectivity index (χ2v) is 7.41. The summed E-state index contributed by atoms with van der Waals surface area (Å²) in [5.74, 6) is -0.308. The molecule has 0 unspecified atom stereocenters. The smallest absolute Gasteiger partial charge is 0.265 e. The lowest BCUT2D eigenvalue weighted by Crippen LogP contribution is -2.30. The van der Waals surface area contributed by atoms with Crippen molar-refractivity contribution >= 4 is 33.0 Å². The molecule has 2 aromatic rings. The van der Waals surface area contributed by atoms with Crippen molar-refractivity contribution in [3.8, 4) is 0 Å². The summed E-state index contributed by atoms with van der Waals surface area (Å²) in [5.41, 5.74) is 0.675. The van der Waals surface area contributed by atoms with Gasteiger partial charge in [0.25, 0.3) is 5.91 Å². The monoisotopic (exact) mass is 338 g/mol. The van der Waals surface area contributed by atoms with Gasteiger partial charge < -0.3 is 5.32 Å². The molecule has 1 amide bonds. The number of nitrogens with one attached hydrogen (secondary N) is 1. The number of thiophene rings is 1. The van der Waals surface area contributed by atoms with E-state index < -0.39 is 10.0 Å². The van der Waals surface area contributed by atoms with Gasteiger partial charge in [-0.3, -0.25) is 4.79 Å². The van der Waals surface area contributed by atoms with E-state index in [-0.39, 0.29) is 10.8 Å². The van der Waals surface area contributed by atoms with Gasteiger partial charge in [-0.25, -0.2) is 8.42 Å². The second kappa shape index (κ2) is 7.04. The SMILES string of the molecule is CCN(CC)S(=O)(=O)c1csc(C(=O)Nc2ccccc2)c1. The molecule has 0 aliphatic carbocycles. The number of nitrogens with zero attached hydrogens (tertiary/aromatic N) is 1. The Hall–Kier alpha value is -1.70. The highest BCUT2D eigenvalue weighted by molar-refractivity contribution is 7.89. The molecule has 0 aliphatic rings. The summed E-state index contributed by atoms with van der Waals surface area (Å²) in [4.78, 5) is 12.7.